The highest BCUT2D eigenvalue weighted by Gasteiger charge is 2.24. The SMILES string of the molecule is C[C@@H]1CC[C@@H](CCC(=O)NCCS(=O)(=O)N2CCSCC2)O1. The number of thioether (sulfide) groups is 1. The quantitative estimate of drug-likeness (QED) is 0.736. The van der Waals surface area contributed by atoms with Crippen LogP contribution in [0.1, 0.15) is 32.6 Å². The normalized spacial score (nSPS) is 27.0. The second-order valence-electron chi connectivity index (χ2n) is 5.86. The van der Waals surface area contributed by atoms with E-state index in [9.17, 15) is 13.2 Å². The summed E-state index contributed by atoms with van der Waals surface area (Å²) < 4.78 is 31.4. The Bertz CT molecular complexity index is 463. The molecule has 0 saturated carbocycles. The minimum Gasteiger partial charge on any atom is -0.375 e. The lowest BCUT2D eigenvalue weighted by Crippen LogP contribution is -2.41. The largest absolute Gasteiger partial charge is 0.375 e. The van der Waals surface area contributed by atoms with Crippen LogP contribution in [0.25, 0.3) is 0 Å². The third-order valence-corrected chi connectivity index (χ3v) is 6.87. The summed E-state index contributed by atoms with van der Waals surface area (Å²) in [6, 6.07) is 0. The van der Waals surface area contributed by atoms with E-state index in [-0.39, 0.29) is 24.3 Å². The van der Waals surface area contributed by atoms with E-state index in [4.69, 9.17) is 4.74 Å². The molecule has 2 aliphatic rings. The monoisotopic (exact) mass is 350 g/mol. The third-order valence-electron chi connectivity index (χ3n) is 4.06. The van der Waals surface area contributed by atoms with Crippen LogP contribution in [0, 0.1) is 0 Å². The average Bonchev–Trinajstić information content (AvgIpc) is 2.91. The van der Waals surface area contributed by atoms with Gasteiger partial charge >= 0.3 is 0 Å². The molecule has 22 heavy (non-hydrogen) atoms. The fourth-order valence-corrected chi connectivity index (χ4v) is 5.24. The van der Waals surface area contributed by atoms with E-state index < -0.39 is 10.0 Å². The molecule has 0 aromatic carbocycles. The van der Waals surface area contributed by atoms with Crippen molar-refractivity contribution in [3.8, 4) is 0 Å². The molecular formula is C14H26N2O4S2. The molecule has 1 N–H and O–H groups in total. The Kier molecular flexibility index (Phi) is 6.98. The number of hydrogen-bond acceptors (Lipinski definition) is 5. The van der Waals surface area contributed by atoms with Crippen molar-refractivity contribution in [2.75, 3.05) is 36.9 Å². The zero-order valence-corrected chi connectivity index (χ0v) is 14.8. The van der Waals surface area contributed by atoms with Gasteiger partial charge in [-0.15, -0.1) is 0 Å². The standard InChI is InChI=1S/C14H26N2O4S2/c1-12-2-3-13(20-12)4-5-14(17)15-6-11-22(18,19)16-7-9-21-10-8-16/h12-13H,2-11H2,1H3,(H,15,17)/t12-,13+/m1/s1. The van der Waals surface area contributed by atoms with Gasteiger partial charge in [-0.25, -0.2) is 12.7 Å². The van der Waals surface area contributed by atoms with Crippen LogP contribution in [-0.2, 0) is 19.6 Å². The number of rotatable bonds is 7. The van der Waals surface area contributed by atoms with Crippen molar-refractivity contribution in [3.63, 3.8) is 0 Å². The fraction of sp³-hybridized carbons (Fsp3) is 0.929. The number of carbonyl (C=O) groups is 1. The average molecular weight is 351 g/mol. The van der Waals surface area contributed by atoms with Crippen LogP contribution in [0.15, 0.2) is 0 Å². The van der Waals surface area contributed by atoms with E-state index in [0.29, 0.717) is 32.0 Å². The van der Waals surface area contributed by atoms with Gasteiger partial charge < -0.3 is 10.1 Å². The molecule has 128 valence electrons. The molecule has 0 aliphatic carbocycles. The van der Waals surface area contributed by atoms with Gasteiger partial charge in [0.2, 0.25) is 15.9 Å². The number of nitrogens with one attached hydrogen (secondary N) is 1. The molecule has 0 aromatic rings. The van der Waals surface area contributed by atoms with E-state index >= 15 is 0 Å². The molecule has 2 rings (SSSR count). The Morgan fingerprint density at radius 3 is 2.68 bits per heavy atom. The predicted molar refractivity (Wildman–Crippen MR) is 88.5 cm³/mol. The van der Waals surface area contributed by atoms with Crippen LogP contribution in [0.2, 0.25) is 0 Å². The molecule has 2 heterocycles. The first-order valence-corrected chi connectivity index (χ1v) is 10.7. The van der Waals surface area contributed by atoms with Gasteiger partial charge in [-0.1, -0.05) is 0 Å². The zero-order chi connectivity index (χ0) is 16.0. The first-order valence-electron chi connectivity index (χ1n) is 7.95. The Hall–Kier alpha value is -0.310. The van der Waals surface area contributed by atoms with E-state index in [1.54, 1.807) is 11.8 Å². The molecule has 2 atom stereocenters. The minimum absolute atomic E-state index is 0.0135. The second kappa shape index (κ2) is 8.52. The second-order valence-corrected chi connectivity index (χ2v) is 9.18. The molecule has 2 saturated heterocycles. The van der Waals surface area contributed by atoms with Crippen LogP contribution >= 0.6 is 11.8 Å². The summed E-state index contributed by atoms with van der Waals surface area (Å²) in [6.45, 7) is 3.40. The van der Waals surface area contributed by atoms with E-state index in [1.165, 1.54) is 4.31 Å². The Labute approximate surface area is 137 Å². The molecule has 8 heteroatoms. The maximum atomic E-state index is 12.1. The molecule has 0 unspecified atom stereocenters. The number of carbonyl (C=O) groups excluding carboxylic acids is 1. The molecule has 1 amide bonds. The number of nitrogens with zero attached hydrogens (tertiary/aromatic N) is 1. The van der Waals surface area contributed by atoms with Crippen LogP contribution in [0.4, 0.5) is 0 Å². The fourth-order valence-electron chi connectivity index (χ4n) is 2.75. The highest BCUT2D eigenvalue weighted by atomic mass is 32.2. The van der Waals surface area contributed by atoms with Crippen LogP contribution in [0.5, 0.6) is 0 Å². The number of amides is 1. The van der Waals surface area contributed by atoms with E-state index in [0.717, 1.165) is 24.3 Å². The van der Waals surface area contributed by atoms with Gasteiger partial charge in [0.05, 0.1) is 18.0 Å². The van der Waals surface area contributed by atoms with Crippen molar-refractivity contribution in [2.45, 2.75) is 44.8 Å². The van der Waals surface area contributed by atoms with Gasteiger partial charge in [-0.3, -0.25) is 4.79 Å². The Morgan fingerprint density at radius 2 is 2.05 bits per heavy atom. The van der Waals surface area contributed by atoms with Gasteiger partial charge in [0.25, 0.3) is 0 Å². The Morgan fingerprint density at radius 1 is 1.32 bits per heavy atom. The summed E-state index contributed by atoms with van der Waals surface area (Å²) in [5.74, 6) is 1.60. The first-order chi connectivity index (χ1) is 10.5. The maximum absolute atomic E-state index is 12.1. The van der Waals surface area contributed by atoms with Gasteiger partial charge in [-0.2, -0.15) is 11.8 Å². The van der Waals surface area contributed by atoms with E-state index in [1.807, 2.05) is 6.92 Å². The Balaban J connectivity index is 1.61. The molecule has 0 bridgehead atoms. The van der Waals surface area contributed by atoms with Gasteiger partial charge in [-0.05, 0) is 26.2 Å². The minimum atomic E-state index is -3.24. The third kappa shape index (κ3) is 5.72. The van der Waals surface area contributed by atoms with Crippen molar-refractivity contribution in [3.05, 3.63) is 0 Å². The summed E-state index contributed by atoms with van der Waals surface area (Å²) in [7, 11) is -3.24. The lowest BCUT2D eigenvalue weighted by Gasteiger charge is -2.25. The molecule has 2 fully saturated rings. The first kappa shape index (κ1) is 18.0. The lowest BCUT2D eigenvalue weighted by atomic mass is 10.1. The van der Waals surface area contributed by atoms with Crippen LogP contribution < -0.4 is 5.32 Å². The van der Waals surface area contributed by atoms with Crippen LogP contribution in [-0.4, -0.2) is 67.7 Å². The van der Waals surface area contributed by atoms with Crippen molar-refractivity contribution in [1.82, 2.24) is 9.62 Å². The van der Waals surface area contributed by atoms with Crippen molar-refractivity contribution >= 4 is 27.7 Å². The summed E-state index contributed by atoms with van der Waals surface area (Å²) in [6.07, 6.45) is 3.65. The smallest absolute Gasteiger partial charge is 0.220 e. The predicted octanol–water partition coefficient (Wildman–Crippen LogP) is 0.829. The summed E-state index contributed by atoms with van der Waals surface area (Å²) in [5, 5.41) is 2.71. The zero-order valence-electron chi connectivity index (χ0n) is 13.1. The highest BCUT2D eigenvalue weighted by molar-refractivity contribution is 7.99. The molecule has 0 aromatic heterocycles. The van der Waals surface area contributed by atoms with Gasteiger partial charge in [0.1, 0.15) is 0 Å². The number of sulfonamides is 1. The summed E-state index contributed by atoms with van der Waals surface area (Å²) in [4.78, 5) is 11.8. The van der Waals surface area contributed by atoms with Crippen molar-refractivity contribution in [2.24, 2.45) is 0 Å². The maximum Gasteiger partial charge on any atom is 0.220 e. The summed E-state index contributed by atoms with van der Waals surface area (Å²) in [5.41, 5.74) is 0. The highest BCUT2D eigenvalue weighted by Crippen LogP contribution is 2.22. The number of hydrogen-bond donors (Lipinski definition) is 1. The molecule has 0 radical (unpaired) electrons. The van der Waals surface area contributed by atoms with Crippen LogP contribution in [0.3, 0.4) is 0 Å². The van der Waals surface area contributed by atoms with Gasteiger partial charge in [0.15, 0.2) is 0 Å². The lowest BCUT2D eigenvalue weighted by molar-refractivity contribution is -0.121. The van der Waals surface area contributed by atoms with E-state index in [2.05, 4.69) is 5.32 Å². The summed E-state index contributed by atoms with van der Waals surface area (Å²) >= 11 is 1.77. The number of ether oxygens (including phenoxy) is 1. The van der Waals surface area contributed by atoms with Gasteiger partial charge in [0, 0.05) is 37.6 Å². The topological polar surface area (TPSA) is 75.7 Å². The molecule has 0 spiro atoms. The van der Waals surface area contributed by atoms with Crippen molar-refractivity contribution in [1.29, 1.82) is 0 Å². The van der Waals surface area contributed by atoms with Crippen molar-refractivity contribution < 1.29 is 17.9 Å². The molecule has 6 nitrogen and oxygen atoms in total. The molecular weight excluding hydrogens is 324 g/mol. The molecule has 2 aliphatic heterocycles.